The molecule has 9 heteroatoms. The summed E-state index contributed by atoms with van der Waals surface area (Å²) in [6.07, 6.45) is 1.46. The Morgan fingerprint density at radius 2 is 1.66 bits per heavy atom. The molecule has 5 rings (SSSR count). The third-order valence-corrected chi connectivity index (χ3v) is 6.16. The van der Waals surface area contributed by atoms with Gasteiger partial charge in [-0.3, -0.25) is 4.79 Å². The lowest BCUT2D eigenvalue weighted by molar-refractivity contribution is -0.113. The standard InChI is InChI=1S/C26H21Cl2N5O2/c1-16-23(25(34)32-21-10-8-20(28)9-11-21)24(33-26(31-16)29-15-30-33)18-4-12-22(13-5-18)35-14-17-2-6-19(27)7-3-17/h2-13,15,24H,14H2,1H3,(H,32,34)(H,29,30,31)/t24-/m1/s1. The predicted octanol–water partition coefficient (Wildman–Crippen LogP) is 6.09. The number of allylic oxidation sites excluding steroid dienone is 1. The number of amides is 1. The number of halogens is 2. The van der Waals surface area contributed by atoms with E-state index in [0.29, 0.717) is 45.3 Å². The number of nitrogens with one attached hydrogen (secondary N) is 2. The molecule has 1 aromatic heterocycles. The minimum absolute atomic E-state index is 0.244. The van der Waals surface area contributed by atoms with Gasteiger partial charge in [0.25, 0.3) is 5.91 Å². The summed E-state index contributed by atoms with van der Waals surface area (Å²) in [7, 11) is 0. The van der Waals surface area contributed by atoms with E-state index in [-0.39, 0.29) is 5.91 Å². The number of nitrogens with zero attached hydrogens (tertiary/aromatic N) is 3. The molecule has 1 atom stereocenters. The van der Waals surface area contributed by atoms with E-state index in [1.807, 2.05) is 55.5 Å². The number of anilines is 2. The maximum Gasteiger partial charge on any atom is 0.255 e. The van der Waals surface area contributed by atoms with Crippen molar-refractivity contribution in [2.24, 2.45) is 0 Å². The Hall–Kier alpha value is -3.81. The Bertz CT molecular complexity index is 1380. The van der Waals surface area contributed by atoms with E-state index in [0.717, 1.165) is 11.1 Å². The SMILES string of the molecule is CC1=C(C(=O)Nc2ccc(Cl)cc2)[C@@H](c2ccc(OCc3ccc(Cl)cc3)cc2)n2ncnc2N1. The third kappa shape index (κ3) is 5.01. The molecular formula is C26H21Cl2N5O2. The van der Waals surface area contributed by atoms with Crippen molar-refractivity contribution in [3.05, 3.63) is 112 Å². The first-order chi connectivity index (χ1) is 17.0. The number of ether oxygens (including phenoxy) is 1. The van der Waals surface area contributed by atoms with Crippen LogP contribution >= 0.6 is 23.2 Å². The first kappa shape index (κ1) is 23.0. The summed E-state index contributed by atoms with van der Waals surface area (Å²) in [6.45, 7) is 2.27. The third-order valence-electron chi connectivity index (χ3n) is 5.66. The van der Waals surface area contributed by atoms with Gasteiger partial charge in [0.15, 0.2) is 0 Å². The summed E-state index contributed by atoms with van der Waals surface area (Å²) in [5.74, 6) is 1.04. The van der Waals surface area contributed by atoms with Crippen LogP contribution in [0.3, 0.4) is 0 Å². The van der Waals surface area contributed by atoms with E-state index < -0.39 is 6.04 Å². The molecule has 0 saturated heterocycles. The highest BCUT2D eigenvalue weighted by Gasteiger charge is 2.33. The number of fused-ring (bicyclic) bond motifs is 1. The number of carbonyl (C=O) groups excluding carboxylic acids is 1. The second kappa shape index (κ2) is 9.82. The highest BCUT2D eigenvalue weighted by atomic mass is 35.5. The van der Waals surface area contributed by atoms with Crippen LogP contribution < -0.4 is 15.4 Å². The van der Waals surface area contributed by atoms with Gasteiger partial charge in [-0.25, -0.2) is 4.68 Å². The number of hydrogen-bond acceptors (Lipinski definition) is 5. The molecule has 0 fully saturated rings. The maximum absolute atomic E-state index is 13.4. The van der Waals surface area contributed by atoms with Crippen LogP contribution in [0.4, 0.5) is 11.6 Å². The van der Waals surface area contributed by atoms with Crippen molar-refractivity contribution >= 4 is 40.7 Å². The molecule has 2 N–H and O–H groups in total. The summed E-state index contributed by atoms with van der Waals surface area (Å²) >= 11 is 11.9. The van der Waals surface area contributed by atoms with E-state index in [9.17, 15) is 4.79 Å². The minimum atomic E-state index is -0.466. The molecule has 0 spiro atoms. The molecule has 3 aromatic carbocycles. The van der Waals surface area contributed by atoms with Gasteiger partial charge in [0, 0.05) is 21.4 Å². The summed E-state index contributed by atoms with van der Waals surface area (Å²) in [5, 5.41) is 11.8. The molecule has 0 saturated carbocycles. The Kier molecular flexibility index (Phi) is 6.44. The second-order valence-corrected chi connectivity index (χ2v) is 8.91. The van der Waals surface area contributed by atoms with E-state index in [2.05, 4.69) is 20.7 Å². The van der Waals surface area contributed by atoms with Crippen LogP contribution in [0.5, 0.6) is 5.75 Å². The van der Waals surface area contributed by atoms with Gasteiger partial charge in [0.1, 0.15) is 24.7 Å². The van der Waals surface area contributed by atoms with Crippen molar-refractivity contribution in [1.82, 2.24) is 14.8 Å². The molecular weight excluding hydrogens is 485 g/mol. The molecule has 1 aliphatic heterocycles. The fourth-order valence-corrected chi connectivity index (χ4v) is 4.17. The molecule has 7 nitrogen and oxygen atoms in total. The summed E-state index contributed by atoms with van der Waals surface area (Å²) in [5.41, 5.74) is 3.77. The second-order valence-electron chi connectivity index (χ2n) is 8.04. The molecule has 0 aliphatic carbocycles. The van der Waals surface area contributed by atoms with E-state index in [1.54, 1.807) is 28.9 Å². The van der Waals surface area contributed by atoms with Crippen LogP contribution in [0.25, 0.3) is 0 Å². The van der Waals surface area contributed by atoms with Gasteiger partial charge >= 0.3 is 0 Å². The zero-order valence-corrected chi connectivity index (χ0v) is 20.2. The van der Waals surface area contributed by atoms with Crippen molar-refractivity contribution in [1.29, 1.82) is 0 Å². The number of rotatable bonds is 6. The Labute approximate surface area is 212 Å². The first-order valence-corrected chi connectivity index (χ1v) is 11.6. The smallest absolute Gasteiger partial charge is 0.255 e. The lowest BCUT2D eigenvalue weighted by atomic mass is 9.95. The Morgan fingerprint density at radius 1 is 1.00 bits per heavy atom. The molecule has 0 unspecified atom stereocenters. The molecule has 0 bridgehead atoms. The molecule has 35 heavy (non-hydrogen) atoms. The molecule has 0 radical (unpaired) electrons. The van der Waals surface area contributed by atoms with E-state index >= 15 is 0 Å². The topological polar surface area (TPSA) is 81.1 Å². The number of hydrogen-bond donors (Lipinski definition) is 2. The minimum Gasteiger partial charge on any atom is -0.489 e. The van der Waals surface area contributed by atoms with Gasteiger partial charge in [-0.1, -0.05) is 47.5 Å². The van der Waals surface area contributed by atoms with Crippen LogP contribution in [-0.2, 0) is 11.4 Å². The molecule has 176 valence electrons. The van der Waals surface area contributed by atoms with Gasteiger partial charge in [-0.2, -0.15) is 10.1 Å². The summed E-state index contributed by atoms with van der Waals surface area (Å²) in [6, 6.07) is 21.7. The van der Waals surface area contributed by atoms with Gasteiger partial charge in [-0.05, 0) is 66.6 Å². The first-order valence-electron chi connectivity index (χ1n) is 10.9. The highest BCUT2D eigenvalue weighted by Crippen LogP contribution is 2.36. The Morgan fingerprint density at radius 3 is 2.34 bits per heavy atom. The number of carbonyl (C=O) groups is 1. The summed E-state index contributed by atoms with van der Waals surface area (Å²) < 4.78 is 7.62. The molecule has 4 aromatic rings. The number of benzene rings is 3. The van der Waals surface area contributed by atoms with Crippen LogP contribution in [0, 0.1) is 0 Å². The van der Waals surface area contributed by atoms with Crippen molar-refractivity contribution in [3.63, 3.8) is 0 Å². The molecule has 1 amide bonds. The van der Waals surface area contributed by atoms with Gasteiger partial charge in [0.05, 0.1) is 5.57 Å². The van der Waals surface area contributed by atoms with Crippen LogP contribution in [0.2, 0.25) is 10.0 Å². The van der Waals surface area contributed by atoms with Crippen molar-refractivity contribution in [2.75, 3.05) is 10.6 Å². The average Bonchev–Trinajstić information content (AvgIpc) is 3.32. The normalized spacial score (nSPS) is 14.8. The largest absolute Gasteiger partial charge is 0.489 e. The number of aromatic nitrogens is 3. The zero-order chi connectivity index (χ0) is 24.4. The lowest BCUT2D eigenvalue weighted by Crippen LogP contribution is -2.31. The van der Waals surface area contributed by atoms with Crippen LogP contribution in [0.1, 0.15) is 24.1 Å². The van der Waals surface area contributed by atoms with Crippen molar-refractivity contribution < 1.29 is 9.53 Å². The van der Waals surface area contributed by atoms with E-state index in [1.165, 1.54) is 6.33 Å². The maximum atomic E-state index is 13.4. The quantitative estimate of drug-likeness (QED) is 0.331. The molecule has 1 aliphatic rings. The van der Waals surface area contributed by atoms with Gasteiger partial charge in [0.2, 0.25) is 5.95 Å². The summed E-state index contributed by atoms with van der Waals surface area (Å²) in [4.78, 5) is 17.7. The van der Waals surface area contributed by atoms with Crippen LogP contribution in [0.15, 0.2) is 90.4 Å². The van der Waals surface area contributed by atoms with E-state index in [4.69, 9.17) is 27.9 Å². The Balaban J connectivity index is 1.40. The zero-order valence-electron chi connectivity index (χ0n) is 18.7. The van der Waals surface area contributed by atoms with Crippen molar-refractivity contribution in [3.8, 4) is 5.75 Å². The van der Waals surface area contributed by atoms with Crippen LogP contribution in [-0.4, -0.2) is 20.7 Å². The monoisotopic (exact) mass is 505 g/mol. The highest BCUT2D eigenvalue weighted by molar-refractivity contribution is 6.30. The fourth-order valence-electron chi connectivity index (χ4n) is 3.92. The fraction of sp³-hybridized carbons (Fsp3) is 0.115. The molecule has 2 heterocycles. The lowest BCUT2D eigenvalue weighted by Gasteiger charge is -2.28. The van der Waals surface area contributed by atoms with Gasteiger partial charge in [-0.15, -0.1) is 0 Å². The van der Waals surface area contributed by atoms with Crippen molar-refractivity contribution in [2.45, 2.75) is 19.6 Å². The average molecular weight is 506 g/mol. The van der Waals surface area contributed by atoms with Gasteiger partial charge < -0.3 is 15.4 Å². The predicted molar refractivity (Wildman–Crippen MR) is 137 cm³/mol.